The summed E-state index contributed by atoms with van der Waals surface area (Å²) in [6, 6.07) is 24.8. The zero-order chi connectivity index (χ0) is 25.2. The molecule has 1 fully saturated rings. The molecule has 0 bridgehead atoms. The third-order valence-electron chi connectivity index (χ3n) is 6.09. The molecule has 7 heteroatoms. The van der Waals surface area contributed by atoms with Gasteiger partial charge in [0.15, 0.2) is 0 Å². The average Bonchev–Trinajstić information content (AvgIpc) is 3.33. The summed E-state index contributed by atoms with van der Waals surface area (Å²) in [5.41, 5.74) is 7.79. The molecule has 1 aliphatic heterocycles. The minimum atomic E-state index is -0.434. The fourth-order valence-electron chi connectivity index (χ4n) is 4.24. The Hall–Kier alpha value is -4.65. The van der Waals surface area contributed by atoms with E-state index in [2.05, 4.69) is 9.99 Å². The maximum absolute atomic E-state index is 13.1. The molecule has 36 heavy (non-hydrogen) atoms. The molecule has 0 aliphatic carbocycles. The lowest BCUT2D eigenvalue weighted by Crippen LogP contribution is -2.35. The lowest BCUT2D eigenvalue weighted by atomic mass is 10.1. The van der Waals surface area contributed by atoms with Crippen LogP contribution in [0, 0.1) is 19.7 Å². The van der Waals surface area contributed by atoms with Crippen molar-refractivity contribution in [3.8, 4) is 11.4 Å². The number of ether oxygens (including phenoxy) is 1. The van der Waals surface area contributed by atoms with Crippen LogP contribution < -0.4 is 15.2 Å². The number of para-hydroxylation sites is 1. The summed E-state index contributed by atoms with van der Waals surface area (Å²) in [4.78, 5) is 25.5. The van der Waals surface area contributed by atoms with Gasteiger partial charge < -0.3 is 9.30 Å². The summed E-state index contributed by atoms with van der Waals surface area (Å²) in [6.07, 6.45) is 1.64. The smallest absolute Gasteiger partial charge is 0.282 e. The number of nitrogens with one attached hydrogen (secondary N) is 1. The zero-order valence-electron chi connectivity index (χ0n) is 19.9. The number of carbonyl (C=O) groups excluding carboxylic acids is 2. The summed E-state index contributed by atoms with van der Waals surface area (Å²) < 4.78 is 21.0. The average molecular weight is 482 g/mol. The predicted octanol–water partition coefficient (Wildman–Crippen LogP) is 5.27. The summed E-state index contributed by atoms with van der Waals surface area (Å²) in [5, 5.41) is 1.26. The Bertz CT molecular complexity index is 1460. The highest BCUT2D eigenvalue weighted by molar-refractivity contribution is 6.31. The Balaban J connectivity index is 1.35. The lowest BCUT2D eigenvalue weighted by Gasteiger charge is -2.13. The van der Waals surface area contributed by atoms with Gasteiger partial charge in [0.2, 0.25) is 0 Å². The molecule has 1 aromatic heterocycles. The third kappa shape index (κ3) is 4.51. The van der Waals surface area contributed by atoms with E-state index in [0.717, 1.165) is 28.2 Å². The van der Waals surface area contributed by atoms with Gasteiger partial charge >= 0.3 is 0 Å². The summed E-state index contributed by atoms with van der Waals surface area (Å²) >= 11 is 0. The number of rotatable bonds is 6. The van der Waals surface area contributed by atoms with E-state index in [0.29, 0.717) is 18.0 Å². The Morgan fingerprint density at radius 2 is 1.58 bits per heavy atom. The van der Waals surface area contributed by atoms with Gasteiger partial charge in [-0.2, -0.15) is 0 Å². The van der Waals surface area contributed by atoms with E-state index in [1.165, 1.54) is 17.1 Å². The van der Waals surface area contributed by atoms with E-state index >= 15 is 0 Å². The van der Waals surface area contributed by atoms with Crippen molar-refractivity contribution in [2.24, 2.45) is 0 Å². The van der Waals surface area contributed by atoms with Crippen LogP contribution in [0.25, 0.3) is 11.8 Å². The van der Waals surface area contributed by atoms with E-state index in [4.69, 9.17) is 4.74 Å². The monoisotopic (exact) mass is 481 g/mol. The number of anilines is 1. The van der Waals surface area contributed by atoms with Crippen molar-refractivity contribution in [2.75, 3.05) is 5.01 Å². The molecule has 0 radical (unpaired) electrons. The first-order valence-corrected chi connectivity index (χ1v) is 11.5. The van der Waals surface area contributed by atoms with E-state index in [-0.39, 0.29) is 11.4 Å². The number of hydrogen-bond donors (Lipinski definition) is 1. The Morgan fingerprint density at radius 1 is 0.889 bits per heavy atom. The topological polar surface area (TPSA) is 63.6 Å². The Morgan fingerprint density at radius 3 is 2.28 bits per heavy atom. The van der Waals surface area contributed by atoms with Crippen molar-refractivity contribution in [1.82, 2.24) is 9.99 Å². The first-order valence-electron chi connectivity index (χ1n) is 11.5. The molecule has 4 aromatic rings. The molecule has 1 N–H and O–H groups in total. The largest absolute Gasteiger partial charge is 0.489 e. The van der Waals surface area contributed by atoms with Crippen LogP contribution in [0.3, 0.4) is 0 Å². The minimum Gasteiger partial charge on any atom is -0.489 e. The molecule has 0 saturated carbocycles. The SMILES string of the molecule is Cc1cc(C=C2C(=O)NN(c3ccccc3)C2=O)c(C)n1-c1ccc(OCc2ccc(F)cc2)cc1. The van der Waals surface area contributed by atoms with E-state index in [9.17, 15) is 14.0 Å². The molecular formula is C29H24FN3O3. The van der Waals surface area contributed by atoms with Crippen molar-refractivity contribution >= 4 is 23.6 Å². The van der Waals surface area contributed by atoms with Crippen molar-refractivity contribution in [3.05, 3.63) is 119 Å². The highest BCUT2D eigenvalue weighted by Crippen LogP contribution is 2.27. The first kappa shape index (κ1) is 23.1. The fraction of sp³-hybridized carbons (Fsp3) is 0.103. The molecular weight excluding hydrogens is 457 g/mol. The molecule has 2 heterocycles. The van der Waals surface area contributed by atoms with Crippen LogP contribution in [0.2, 0.25) is 0 Å². The van der Waals surface area contributed by atoms with Crippen molar-refractivity contribution in [1.29, 1.82) is 0 Å². The summed E-state index contributed by atoms with van der Waals surface area (Å²) in [6.45, 7) is 4.26. The number of hydrazine groups is 1. The number of halogens is 1. The van der Waals surface area contributed by atoms with E-state index in [1.807, 2.05) is 62.4 Å². The second kappa shape index (κ2) is 9.54. The van der Waals surface area contributed by atoms with Crippen molar-refractivity contribution in [2.45, 2.75) is 20.5 Å². The van der Waals surface area contributed by atoms with E-state index in [1.54, 1.807) is 30.3 Å². The number of aryl methyl sites for hydroxylation is 1. The van der Waals surface area contributed by atoms with Gasteiger partial charge in [-0.05, 0) is 85.6 Å². The van der Waals surface area contributed by atoms with Crippen LogP contribution in [-0.4, -0.2) is 16.4 Å². The van der Waals surface area contributed by atoms with Gasteiger partial charge in [-0.25, -0.2) is 9.40 Å². The highest BCUT2D eigenvalue weighted by Gasteiger charge is 2.34. The van der Waals surface area contributed by atoms with Gasteiger partial charge in [0.25, 0.3) is 11.8 Å². The quantitative estimate of drug-likeness (QED) is 0.301. The number of benzene rings is 3. The molecule has 0 unspecified atom stereocenters. The van der Waals surface area contributed by atoms with Crippen LogP contribution in [-0.2, 0) is 16.2 Å². The van der Waals surface area contributed by atoms with Gasteiger partial charge in [-0.3, -0.25) is 15.0 Å². The number of amides is 2. The minimum absolute atomic E-state index is 0.0867. The standard InChI is InChI=1S/C29H24FN3O3/c1-19-16-22(17-27-28(34)31-33(29(27)35)25-6-4-3-5-7-25)20(2)32(19)24-12-14-26(15-13-24)36-18-21-8-10-23(30)11-9-21/h3-17H,18H2,1-2H3,(H,31,34). The van der Waals surface area contributed by atoms with Gasteiger partial charge in [0.1, 0.15) is 23.7 Å². The Labute approximate surface area is 208 Å². The van der Waals surface area contributed by atoms with Gasteiger partial charge in [-0.15, -0.1) is 0 Å². The molecule has 5 rings (SSSR count). The van der Waals surface area contributed by atoms with Crippen LogP contribution in [0.4, 0.5) is 10.1 Å². The molecule has 0 atom stereocenters. The highest BCUT2D eigenvalue weighted by atomic mass is 19.1. The maximum atomic E-state index is 13.1. The molecule has 1 aliphatic rings. The van der Waals surface area contributed by atoms with Gasteiger partial charge in [0.05, 0.1) is 5.69 Å². The number of hydrogen-bond acceptors (Lipinski definition) is 3. The molecule has 3 aromatic carbocycles. The van der Waals surface area contributed by atoms with Crippen LogP contribution in [0.15, 0.2) is 90.5 Å². The molecule has 180 valence electrons. The molecule has 6 nitrogen and oxygen atoms in total. The Kier molecular flexibility index (Phi) is 6.12. The van der Waals surface area contributed by atoms with E-state index < -0.39 is 11.8 Å². The normalized spacial score (nSPS) is 14.4. The van der Waals surface area contributed by atoms with Crippen molar-refractivity contribution < 1.29 is 18.7 Å². The maximum Gasteiger partial charge on any atom is 0.282 e. The number of nitrogens with zero attached hydrogens (tertiary/aromatic N) is 2. The van der Waals surface area contributed by atoms with Crippen LogP contribution in [0.5, 0.6) is 5.75 Å². The molecule has 2 amide bonds. The van der Waals surface area contributed by atoms with Gasteiger partial charge in [0, 0.05) is 17.1 Å². The van der Waals surface area contributed by atoms with Crippen LogP contribution >= 0.6 is 0 Å². The molecule has 0 spiro atoms. The van der Waals surface area contributed by atoms with Crippen molar-refractivity contribution in [3.63, 3.8) is 0 Å². The predicted molar refractivity (Wildman–Crippen MR) is 136 cm³/mol. The fourth-order valence-corrected chi connectivity index (χ4v) is 4.24. The second-order valence-corrected chi connectivity index (χ2v) is 8.55. The zero-order valence-corrected chi connectivity index (χ0v) is 19.9. The number of carbonyl (C=O) groups is 2. The first-order chi connectivity index (χ1) is 17.4. The summed E-state index contributed by atoms with van der Waals surface area (Å²) in [7, 11) is 0. The summed E-state index contributed by atoms with van der Waals surface area (Å²) in [5.74, 6) is -0.404. The molecule has 1 saturated heterocycles. The lowest BCUT2D eigenvalue weighted by molar-refractivity contribution is -0.117. The third-order valence-corrected chi connectivity index (χ3v) is 6.09. The number of aromatic nitrogens is 1. The van der Waals surface area contributed by atoms with Crippen LogP contribution in [0.1, 0.15) is 22.5 Å². The van der Waals surface area contributed by atoms with Gasteiger partial charge in [-0.1, -0.05) is 30.3 Å². The second-order valence-electron chi connectivity index (χ2n) is 8.55.